The van der Waals surface area contributed by atoms with Crippen molar-refractivity contribution < 1.29 is 18.8 Å². The number of carbonyl (C=O) groups is 1. The van der Waals surface area contributed by atoms with E-state index in [0.717, 1.165) is 6.20 Å². The summed E-state index contributed by atoms with van der Waals surface area (Å²) in [5.41, 5.74) is 1.80. The van der Waals surface area contributed by atoms with Gasteiger partial charge in [-0.1, -0.05) is 12.7 Å². The first-order valence-corrected chi connectivity index (χ1v) is 8.09. The lowest BCUT2D eigenvalue weighted by molar-refractivity contribution is -0.137. The van der Waals surface area contributed by atoms with Gasteiger partial charge in [0.1, 0.15) is 11.6 Å². The maximum atomic E-state index is 14.2. The van der Waals surface area contributed by atoms with Crippen LogP contribution in [0, 0.1) is 11.2 Å². The summed E-state index contributed by atoms with van der Waals surface area (Å²) in [6.45, 7) is 7.18. The van der Waals surface area contributed by atoms with Gasteiger partial charge in [0.15, 0.2) is 0 Å². The van der Waals surface area contributed by atoms with E-state index in [4.69, 9.17) is 0 Å². The standard InChI is InChI=1S/C19H22F2N2O2/c1-4-5-17(21)12(2)13(3)19(18(24)23-25)7-6-14(9-19)15-8-16(20)11-22-10-15/h4-5,8,10-11,14,25H,3,6-7,9H2,1-2H3,(H,23,24)/b5-4-,17-12+/t14-,19+/m0/s1. The molecule has 0 unspecified atom stereocenters. The fraction of sp³-hybridized carbons (Fsp3) is 0.368. The fourth-order valence-corrected chi connectivity index (χ4v) is 3.48. The summed E-state index contributed by atoms with van der Waals surface area (Å²) in [5.74, 6) is -1.68. The third-order valence-electron chi connectivity index (χ3n) is 4.95. The predicted molar refractivity (Wildman–Crippen MR) is 90.9 cm³/mol. The first kappa shape index (κ1) is 19.0. The molecule has 1 saturated carbocycles. The molecule has 1 heterocycles. The Labute approximate surface area is 145 Å². The predicted octanol–water partition coefficient (Wildman–Crippen LogP) is 4.36. The van der Waals surface area contributed by atoms with Crippen molar-refractivity contribution in [2.75, 3.05) is 0 Å². The average Bonchev–Trinajstić information content (AvgIpc) is 3.06. The Bertz CT molecular complexity index is 743. The molecule has 6 heteroatoms. The minimum Gasteiger partial charge on any atom is -0.289 e. The second-order valence-corrected chi connectivity index (χ2v) is 6.35. The molecule has 0 saturated heterocycles. The molecule has 1 aromatic rings. The van der Waals surface area contributed by atoms with Gasteiger partial charge in [0.05, 0.1) is 11.6 Å². The lowest BCUT2D eigenvalue weighted by atomic mass is 9.74. The van der Waals surface area contributed by atoms with Gasteiger partial charge in [0.2, 0.25) is 0 Å². The Hall–Kier alpha value is -2.34. The SMILES string of the molecule is C=C(/C(C)=C(F)\C=C/C)[C@@]1(C(=O)NO)CC[C@H](c2cncc(F)c2)C1. The topological polar surface area (TPSA) is 62.2 Å². The monoisotopic (exact) mass is 348 g/mol. The highest BCUT2D eigenvalue weighted by Crippen LogP contribution is 2.52. The van der Waals surface area contributed by atoms with Crippen LogP contribution >= 0.6 is 0 Å². The van der Waals surface area contributed by atoms with Crippen LogP contribution in [0.25, 0.3) is 0 Å². The molecule has 0 aromatic carbocycles. The van der Waals surface area contributed by atoms with Crippen molar-refractivity contribution in [3.05, 3.63) is 65.5 Å². The lowest BCUT2D eigenvalue weighted by Gasteiger charge is -2.30. The van der Waals surface area contributed by atoms with E-state index in [1.807, 2.05) is 0 Å². The number of pyridine rings is 1. The lowest BCUT2D eigenvalue weighted by Crippen LogP contribution is -2.39. The van der Waals surface area contributed by atoms with E-state index in [-0.39, 0.29) is 11.5 Å². The van der Waals surface area contributed by atoms with Crippen molar-refractivity contribution in [3.63, 3.8) is 0 Å². The summed E-state index contributed by atoms with van der Waals surface area (Å²) in [5, 5.41) is 9.20. The van der Waals surface area contributed by atoms with Gasteiger partial charge in [-0.15, -0.1) is 0 Å². The zero-order valence-electron chi connectivity index (χ0n) is 14.4. The van der Waals surface area contributed by atoms with Crippen LogP contribution in [0.1, 0.15) is 44.6 Å². The van der Waals surface area contributed by atoms with E-state index in [2.05, 4.69) is 11.6 Å². The molecule has 0 radical (unpaired) electrons. The number of hydrogen-bond acceptors (Lipinski definition) is 3. The van der Waals surface area contributed by atoms with Gasteiger partial charge < -0.3 is 0 Å². The number of amides is 1. The molecule has 4 nitrogen and oxygen atoms in total. The van der Waals surface area contributed by atoms with Crippen molar-refractivity contribution in [2.45, 2.75) is 39.0 Å². The summed E-state index contributed by atoms with van der Waals surface area (Å²) >= 11 is 0. The molecule has 1 aromatic heterocycles. The first-order valence-electron chi connectivity index (χ1n) is 8.09. The zero-order valence-corrected chi connectivity index (χ0v) is 14.4. The van der Waals surface area contributed by atoms with Gasteiger partial charge in [-0.2, -0.15) is 0 Å². The molecule has 1 aliphatic rings. The van der Waals surface area contributed by atoms with Crippen LogP contribution < -0.4 is 5.48 Å². The Morgan fingerprint density at radius 3 is 2.84 bits per heavy atom. The fourth-order valence-electron chi connectivity index (χ4n) is 3.48. The number of carbonyl (C=O) groups excluding carboxylic acids is 1. The summed E-state index contributed by atoms with van der Waals surface area (Å²) in [6, 6.07) is 1.39. The van der Waals surface area contributed by atoms with Crippen LogP contribution in [0.3, 0.4) is 0 Å². The third kappa shape index (κ3) is 3.69. The van der Waals surface area contributed by atoms with Crippen molar-refractivity contribution in [1.82, 2.24) is 10.5 Å². The maximum absolute atomic E-state index is 14.2. The number of halogens is 2. The molecule has 1 amide bonds. The Balaban J connectivity index is 2.39. The van der Waals surface area contributed by atoms with Crippen LogP contribution in [0.2, 0.25) is 0 Å². The van der Waals surface area contributed by atoms with Crippen molar-refractivity contribution in [2.24, 2.45) is 5.41 Å². The highest BCUT2D eigenvalue weighted by molar-refractivity contribution is 5.86. The largest absolute Gasteiger partial charge is 0.289 e. The highest BCUT2D eigenvalue weighted by atomic mass is 19.1. The van der Waals surface area contributed by atoms with E-state index >= 15 is 0 Å². The minimum atomic E-state index is -1.14. The molecule has 0 aliphatic heterocycles. The van der Waals surface area contributed by atoms with Crippen LogP contribution in [0.4, 0.5) is 8.78 Å². The van der Waals surface area contributed by atoms with E-state index in [1.165, 1.54) is 12.1 Å². The zero-order chi connectivity index (χ0) is 18.6. The van der Waals surface area contributed by atoms with Gasteiger partial charge in [-0.3, -0.25) is 15.0 Å². The molecule has 1 fully saturated rings. The summed E-state index contributed by atoms with van der Waals surface area (Å²) in [4.78, 5) is 16.3. The molecule has 1 aliphatic carbocycles. The molecular weight excluding hydrogens is 326 g/mol. The van der Waals surface area contributed by atoms with Crippen molar-refractivity contribution in [3.8, 4) is 0 Å². The third-order valence-corrected chi connectivity index (χ3v) is 4.95. The van der Waals surface area contributed by atoms with Gasteiger partial charge >= 0.3 is 0 Å². The van der Waals surface area contributed by atoms with Gasteiger partial charge in [-0.05, 0) is 67.9 Å². The summed E-state index contributed by atoms with van der Waals surface area (Å²) in [6.07, 6.45) is 6.78. The number of aromatic nitrogens is 1. The molecule has 2 rings (SSSR count). The Kier molecular flexibility index (Phi) is 5.85. The van der Waals surface area contributed by atoms with Crippen LogP contribution in [-0.2, 0) is 4.79 Å². The summed E-state index contributed by atoms with van der Waals surface area (Å²) < 4.78 is 27.6. The van der Waals surface area contributed by atoms with Crippen molar-refractivity contribution >= 4 is 5.91 Å². The van der Waals surface area contributed by atoms with Crippen molar-refractivity contribution in [1.29, 1.82) is 0 Å². The average molecular weight is 348 g/mol. The van der Waals surface area contributed by atoms with E-state index < -0.39 is 23.0 Å². The van der Waals surface area contributed by atoms with Crippen LogP contribution in [0.5, 0.6) is 0 Å². The second-order valence-electron chi connectivity index (χ2n) is 6.35. The molecule has 25 heavy (non-hydrogen) atoms. The molecule has 2 N–H and O–H groups in total. The van der Waals surface area contributed by atoms with Gasteiger partial charge in [0.25, 0.3) is 5.91 Å². The number of hydroxylamine groups is 1. The van der Waals surface area contributed by atoms with Crippen LogP contribution in [0.15, 0.2) is 54.2 Å². The smallest absolute Gasteiger partial charge is 0.253 e. The minimum absolute atomic E-state index is 0.130. The molecular formula is C19H22F2N2O2. The van der Waals surface area contributed by atoms with E-state index in [9.17, 15) is 18.8 Å². The Morgan fingerprint density at radius 1 is 1.52 bits per heavy atom. The number of allylic oxidation sites excluding steroid dienone is 4. The molecule has 0 spiro atoms. The van der Waals surface area contributed by atoms with E-state index in [0.29, 0.717) is 30.4 Å². The second kappa shape index (κ2) is 7.70. The quantitative estimate of drug-likeness (QED) is 0.472. The van der Waals surface area contributed by atoms with Gasteiger partial charge in [-0.25, -0.2) is 14.3 Å². The Morgan fingerprint density at radius 2 is 2.24 bits per heavy atom. The molecule has 2 atom stereocenters. The first-order chi connectivity index (χ1) is 11.9. The normalized spacial score (nSPS) is 24.3. The number of nitrogens with one attached hydrogen (secondary N) is 1. The summed E-state index contributed by atoms with van der Waals surface area (Å²) in [7, 11) is 0. The maximum Gasteiger partial charge on any atom is 0.253 e. The number of nitrogens with zero attached hydrogens (tertiary/aromatic N) is 1. The van der Waals surface area contributed by atoms with E-state index in [1.54, 1.807) is 31.6 Å². The van der Waals surface area contributed by atoms with Crippen LogP contribution in [-0.4, -0.2) is 16.1 Å². The van der Waals surface area contributed by atoms with Gasteiger partial charge in [0, 0.05) is 6.20 Å². The number of rotatable bonds is 5. The highest BCUT2D eigenvalue weighted by Gasteiger charge is 2.48. The molecule has 0 bridgehead atoms. The molecule has 134 valence electrons. The number of hydrogen-bond donors (Lipinski definition) is 2.